The van der Waals surface area contributed by atoms with E-state index >= 15 is 0 Å². The first kappa shape index (κ1) is 17.3. The Bertz CT molecular complexity index is 536. The van der Waals surface area contributed by atoms with Crippen LogP contribution in [0.4, 0.5) is 0 Å². The third kappa shape index (κ3) is 4.45. The van der Waals surface area contributed by atoms with Crippen LogP contribution in [0.15, 0.2) is 24.3 Å². The van der Waals surface area contributed by atoms with Crippen LogP contribution in [0.25, 0.3) is 0 Å². The van der Waals surface area contributed by atoms with Crippen LogP contribution in [0.5, 0.6) is 5.75 Å². The molecule has 126 valence electrons. The van der Waals surface area contributed by atoms with Gasteiger partial charge in [-0.25, -0.2) is 0 Å². The van der Waals surface area contributed by atoms with Gasteiger partial charge in [0.05, 0.1) is 13.0 Å². The number of amides is 1. The van der Waals surface area contributed by atoms with Crippen molar-refractivity contribution in [1.29, 1.82) is 0 Å². The molecular formula is C17H23NO5. The van der Waals surface area contributed by atoms with E-state index in [0.29, 0.717) is 26.1 Å². The fourth-order valence-corrected chi connectivity index (χ4v) is 2.81. The maximum Gasteiger partial charge on any atom is 0.323 e. The van der Waals surface area contributed by atoms with E-state index in [1.54, 1.807) is 26.2 Å². The molecule has 0 bridgehead atoms. The average Bonchev–Trinajstić information content (AvgIpc) is 2.59. The molecule has 1 heterocycles. The smallest absolute Gasteiger partial charge is 0.323 e. The third-order valence-corrected chi connectivity index (χ3v) is 4.21. The minimum Gasteiger partial charge on any atom is -0.497 e. The molecule has 1 N–H and O–H groups in total. The fraction of sp³-hybridized carbons (Fsp3) is 0.529. The molecule has 23 heavy (non-hydrogen) atoms. The summed E-state index contributed by atoms with van der Waals surface area (Å²) >= 11 is 0. The number of hydrogen-bond acceptors (Lipinski definition) is 4. The van der Waals surface area contributed by atoms with Crippen molar-refractivity contribution < 1.29 is 24.2 Å². The molecule has 1 unspecified atom stereocenters. The van der Waals surface area contributed by atoms with E-state index in [1.165, 1.54) is 4.90 Å². The van der Waals surface area contributed by atoms with Gasteiger partial charge in [0.15, 0.2) is 0 Å². The number of methoxy groups -OCH3 is 1. The molecule has 6 nitrogen and oxygen atoms in total. The lowest BCUT2D eigenvalue weighted by Gasteiger charge is -2.35. The predicted octanol–water partition coefficient (Wildman–Crippen LogP) is 1.89. The number of nitrogens with zero attached hydrogens (tertiary/aromatic N) is 1. The van der Waals surface area contributed by atoms with Crippen molar-refractivity contribution in [3.8, 4) is 5.75 Å². The molecule has 0 aliphatic carbocycles. The van der Waals surface area contributed by atoms with E-state index < -0.39 is 11.9 Å². The van der Waals surface area contributed by atoms with Gasteiger partial charge >= 0.3 is 5.97 Å². The minimum atomic E-state index is -0.994. The molecule has 1 atom stereocenters. The highest BCUT2D eigenvalue weighted by Gasteiger charge is 2.30. The first-order valence-electron chi connectivity index (χ1n) is 7.77. The fourth-order valence-electron chi connectivity index (χ4n) is 2.81. The highest BCUT2D eigenvalue weighted by molar-refractivity contribution is 5.86. The summed E-state index contributed by atoms with van der Waals surface area (Å²) < 4.78 is 10.4. The van der Waals surface area contributed by atoms with E-state index in [2.05, 4.69) is 0 Å². The van der Waals surface area contributed by atoms with Crippen LogP contribution in [0.1, 0.15) is 31.2 Å². The van der Waals surface area contributed by atoms with Gasteiger partial charge in [0.1, 0.15) is 12.3 Å². The molecule has 0 aromatic heterocycles. The van der Waals surface area contributed by atoms with E-state index in [9.17, 15) is 9.59 Å². The average molecular weight is 321 g/mol. The normalized spacial score (nSPS) is 16.6. The molecule has 1 saturated heterocycles. The number of carboxylic acid groups (broad SMARTS) is 1. The second kappa shape index (κ2) is 7.97. The van der Waals surface area contributed by atoms with Crippen molar-refractivity contribution in [3.63, 3.8) is 0 Å². The Morgan fingerprint density at radius 1 is 1.30 bits per heavy atom. The van der Waals surface area contributed by atoms with Gasteiger partial charge < -0.3 is 19.5 Å². The molecule has 0 spiro atoms. The van der Waals surface area contributed by atoms with Crippen molar-refractivity contribution in [3.05, 3.63) is 29.8 Å². The monoisotopic (exact) mass is 321 g/mol. The Labute approximate surface area is 136 Å². The molecule has 1 amide bonds. The maximum atomic E-state index is 12.8. The van der Waals surface area contributed by atoms with Crippen molar-refractivity contribution in [1.82, 2.24) is 4.90 Å². The van der Waals surface area contributed by atoms with Gasteiger partial charge in [-0.05, 0) is 37.5 Å². The minimum absolute atomic E-state index is 0.0759. The molecule has 1 fully saturated rings. The van der Waals surface area contributed by atoms with E-state index in [0.717, 1.165) is 11.3 Å². The van der Waals surface area contributed by atoms with E-state index in [1.807, 2.05) is 12.1 Å². The van der Waals surface area contributed by atoms with Crippen molar-refractivity contribution in [2.75, 3.05) is 26.9 Å². The zero-order valence-electron chi connectivity index (χ0n) is 13.5. The number of carboxylic acids is 1. The molecule has 0 saturated carbocycles. The summed E-state index contributed by atoms with van der Waals surface area (Å²) in [5, 5.41) is 9.14. The lowest BCUT2D eigenvalue weighted by molar-refractivity contribution is -0.148. The zero-order chi connectivity index (χ0) is 16.8. The van der Waals surface area contributed by atoms with Crippen molar-refractivity contribution >= 4 is 11.9 Å². The topological polar surface area (TPSA) is 76.1 Å². The van der Waals surface area contributed by atoms with Crippen LogP contribution in [-0.2, 0) is 14.3 Å². The van der Waals surface area contributed by atoms with Crippen LogP contribution >= 0.6 is 0 Å². The zero-order valence-corrected chi connectivity index (χ0v) is 13.5. The summed E-state index contributed by atoms with van der Waals surface area (Å²) in [6, 6.07) is 7.20. The summed E-state index contributed by atoms with van der Waals surface area (Å²) in [5.41, 5.74) is 0.846. The molecule has 1 aliphatic rings. The number of aliphatic carboxylic acids is 1. The largest absolute Gasteiger partial charge is 0.497 e. The van der Waals surface area contributed by atoms with Crippen LogP contribution in [0, 0.1) is 0 Å². The highest BCUT2D eigenvalue weighted by atomic mass is 16.5. The number of benzene rings is 1. The Balaban J connectivity index is 2.15. The first-order chi connectivity index (χ1) is 11.0. The number of rotatable bonds is 6. The second-order valence-corrected chi connectivity index (χ2v) is 5.70. The van der Waals surface area contributed by atoms with Crippen LogP contribution in [0.2, 0.25) is 0 Å². The maximum absolute atomic E-state index is 12.8. The summed E-state index contributed by atoms with van der Waals surface area (Å²) in [7, 11) is 1.59. The third-order valence-electron chi connectivity index (χ3n) is 4.21. The molecule has 6 heteroatoms. The van der Waals surface area contributed by atoms with Gasteiger partial charge in [-0.3, -0.25) is 9.59 Å². The molecule has 1 aromatic rings. The Morgan fingerprint density at radius 2 is 1.91 bits per heavy atom. The summed E-state index contributed by atoms with van der Waals surface area (Å²) in [5.74, 6) is -0.834. The van der Waals surface area contributed by atoms with E-state index in [-0.39, 0.29) is 18.5 Å². The first-order valence-corrected chi connectivity index (χ1v) is 7.77. The Kier molecular flexibility index (Phi) is 5.98. The second-order valence-electron chi connectivity index (χ2n) is 5.70. The summed E-state index contributed by atoms with van der Waals surface area (Å²) in [6.45, 7) is 2.65. The highest BCUT2D eigenvalue weighted by Crippen LogP contribution is 2.24. The van der Waals surface area contributed by atoms with Crippen LogP contribution in [-0.4, -0.2) is 54.8 Å². The standard InChI is InChI=1S/C17H23NO5/c1-12(13-3-5-15(22-2)6-4-13)17(21)18(11-16(19)20)14-7-9-23-10-8-14/h3-6,12,14H,7-11H2,1-2H3,(H,19,20). The number of ether oxygens (including phenoxy) is 2. The molecule has 1 aliphatic heterocycles. The number of carbonyl (C=O) groups excluding carboxylic acids is 1. The lowest BCUT2D eigenvalue weighted by Crippen LogP contribution is -2.47. The van der Waals surface area contributed by atoms with Gasteiger partial charge in [-0.1, -0.05) is 12.1 Å². The van der Waals surface area contributed by atoms with Gasteiger partial charge in [0.25, 0.3) is 0 Å². The van der Waals surface area contributed by atoms with Gasteiger partial charge in [-0.15, -0.1) is 0 Å². The molecular weight excluding hydrogens is 298 g/mol. The number of hydrogen-bond donors (Lipinski definition) is 1. The Morgan fingerprint density at radius 3 is 2.43 bits per heavy atom. The SMILES string of the molecule is COc1ccc(C(C)C(=O)N(CC(=O)O)C2CCOCC2)cc1. The van der Waals surface area contributed by atoms with Crippen LogP contribution < -0.4 is 4.74 Å². The lowest BCUT2D eigenvalue weighted by atomic mass is 9.97. The van der Waals surface area contributed by atoms with Crippen molar-refractivity contribution in [2.45, 2.75) is 31.7 Å². The Hall–Kier alpha value is -2.08. The van der Waals surface area contributed by atoms with Gasteiger partial charge in [0.2, 0.25) is 5.91 Å². The molecule has 1 aromatic carbocycles. The quantitative estimate of drug-likeness (QED) is 0.866. The van der Waals surface area contributed by atoms with Crippen LogP contribution in [0.3, 0.4) is 0 Å². The predicted molar refractivity (Wildman–Crippen MR) is 84.6 cm³/mol. The van der Waals surface area contributed by atoms with E-state index in [4.69, 9.17) is 14.6 Å². The molecule has 0 radical (unpaired) electrons. The van der Waals surface area contributed by atoms with Crippen molar-refractivity contribution in [2.24, 2.45) is 0 Å². The molecule has 2 rings (SSSR count). The summed E-state index contributed by atoms with van der Waals surface area (Å²) in [4.78, 5) is 25.5. The van der Waals surface area contributed by atoms with Gasteiger partial charge in [0, 0.05) is 19.3 Å². The number of carbonyl (C=O) groups is 2. The summed E-state index contributed by atoms with van der Waals surface area (Å²) in [6.07, 6.45) is 1.35. The van der Waals surface area contributed by atoms with Gasteiger partial charge in [-0.2, -0.15) is 0 Å².